The zero-order chi connectivity index (χ0) is 18.9. The summed E-state index contributed by atoms with van der Waals surface area (Å²) < 4.78 is -1.99. The van der Waals surface area contributed by atoms with Crippen LogP contribution in [0.2, 0.25) is 0 Å². The molecule has 2 aromatic rings. The van der Waals surface area contributed by atoms with Gasteiger partial charge in [-0.15, -0.1) is 0 Å². The van der Waals surface area contributed by atoms with Gasteiger partial charge in [0.25, 0.3) is 5.91 Å². The first-order valence-electron chi connectivity index (χ1n) is 6.97. The Labute approximate surface area is 162 Å². The maximum Gasteiger partial charge on any atom is 0.261 e. The minimum Gasteiger partial charge on any atom is -0.397 e. The SMILES string of the molecule is N#CC(C(N)=O)=C(N)C(Cl)(Cl)Cl.[B](c1ccccc1)c1ccccc1. The van der Waals surface area contributed by atoms with Crippen LogP contribution < -0.4 is 22.4 Å². The van der Waals surface area contributed by atoms with Crippen molar-refractivity contribution in [2.24, 2.45) is 11.5 Å². The number of allylic oxidation sites excluding steroid dienone is 1. The van der Waals surface area contributed by atoms with Gasteiger partial charge in [0.1, 0.15) is 11.6 Å². The maximum atomic E-state index is 10.5. The van der Waals surface area contributed by atoms with Crippen LogP contribution in [-0.2, 0) is 4.79 Å². The molecule has 25 heavy (non-hydrogen) atoms. The van der Waals surface area contributed by atoms with Gasteiger partial charge in [0.05, 0.1) is 5.70 Å². The number of hydrogen-bond acceptors (Lipinski definition) is 3. The number of nitriles is 1. The number of rotatable bonds is 3. The van der Waals surface area contributed by atoms with Crippen molar-refractivity contribution in [1.29, 1.82) is 5.26 Å². The molecule has 0 bridgehead atoms. The highest BCUT2D eigenvalue weighted by molar-refractivity contribution is 6.69. The molecule has 0 spiro atoms. The quantitative estimate of drug-likeness (QED) is 0.361. The highest BCUT2D eigenvalue weighted by Gasteiger charge is 2.28. The van der Waals surface area contributed by atoms with E-state index in [0.717, 1.165) is 0 Å². The van der Waals surface area contributed by atoms with E-state index in [9.17, 15) is 4.79 Å². The molecular weight excluding hydrogens is 379 g/mol. The van der Waals surface area contributed by atoms with Gasteiger partial charge in [-0.1, -0.05) is 106 Å². The molecule has 4 N–H and O–H groups in total. The third kappa shape index (κ3) is 7.53. The number of primary amides is 1. The largest absolute Gasteiger partial charge is 0.397 e. The smallest absolute Gasteiger partial charge is 0.261 e. The van der Waals surface area contributed by atoms with E-state index < -0.39 is 21.0 Å². The van der Waals surface area contributed by atoms with E-state index >= 15 is 0 Å². The lowest BCUT2D eigenvalue weighted by Crippen LogP contribution is -2.26. The molecule has 8 heteroatoms. The molecular formula is C17H14BCl3N3O. The summed E-state index contributed by atoms with van der Waals surface area (Å²) in [5.74, 6) is -1.03. The minimum absolute atomic E-state index is 0.470. The number of nitrogens with two attached hydrogens (primary N) is 2. The Morgan fingerprint density at radius 1 is 0.920 bits per heavy atom. The van der Waals surface area contributed by atoms with Crippen molar-refractivity contribution in [3.8, 4) is 6.07 Å². The summed E-state index contributed by atoms with van der Waals surface area (Å²) in [6, 6.07) is 22.1. The molecule has 0 fully saturated rings. The first kappa shape index (κ1) is 20.9. The molecule has 0 aliphatic rings. The molecule has 2 aromatic carbocycles. The molecule has 0 aromatic heterocycles. The third-order valence-electron chi connectivity index (χ3n) is 2.87. The van der Waals surface area contributed by atoms with Gasteiger partial charge in [0.15, 0.2) is 7.28 Å². The predicted octanol–water partition coefficient (Wildman–Crippen LogP) is 1.92. The number of benzene rings is 2. The number of amides is 1. The van der Waals surface area contributed by atoms with Crippen LogP contribution in [0.1, 0.15) is 0 Å². The topological polar surface area (TPSA) is 92.9 Å². The molecule has 127 valence electrons. The van der Waals surface area contributed by atoms with Crippen LogP contribution in [0.15, 0.2) is 71.9 Å². The Kier molecular flexibility index (Phi) is 8.37. The number of nitrogens with zero attached hydrogens (tertiary/aromatic N) is 1. The van der Waals surface area contributed by atoms with Crippen LogP contribution >= 0.6 is 34.8 Å². The Balaban J connectivity index is 0.000000252. The monoisotopic (exact) mass is 392 g/mol. The van der Waals surface area contributed by atoms with Crippen LogP contribution in [0.4, 0.5) is 0 Å². The number of hydrogen-bond donors (Lipinski definition) is 2. The zero-order valence-corrected chi connectivity index (χ0v) is 15.3. The molecule has 0 saturated carbocycles. The molecule has 0 aliphatic heterocycles. The lowest BCUT2D eigenvalue weighted by atomic mass is 9.64. The van der Waals surface area contributed by atoms with Crippen molar-refractivity contribution in [3.05, 3.63) is 71.9 Å². The summed E-state index contributed by atoms with van der Waals surface area (Å²) in [7, 11) is 2.17. The summed E-state index contributed by atoms with van der Waals surface area (Å²) in [5.41, 5.74) is 11.4. The number of carbonyl (C=O) groups is 1. The van der Waals surface area contributed by atoms with E-state index in [1.807, 2.05) is 12.1 Å². The normalized spacial score (nSPS) is 11.3. The molecule has 0 unspecified atom stereocenters. The van der Waals surface area contributed by atoms with Gasteiger partial charge < -0.3 is 11.5 Å². The van der Waals surface area contributed by atoms with Crippen molar-refractivity contribution in [2.45, 2.75) is 3.79 Å². The summed E-state index contributed by atoms with van der Waals surface area (Å²) in [6.45, 7) is 0. The van der Waals surface area contributed by atoms with Gasteiger partial charge in [-0.2, -0.15) is 5.26 Å². The van der Waals surface area contributed by atoms with Crippen LogP contribution in [0.25, 0.3) is 0 Å². The van der Waals surface area contributed by atoms with Crippen LogP contribution in [0.5, 0.6) is 0 Å². The average Bonchev–Trinajstić information content (AvgIpc) is 2.57. The molecule has 4 nitrogen and oxygen atoms in total. The van der Waals surface area contributed by atoms with E-state index in [-0.39, 0.29) is 0 Å². The number of alkyl halides is 3. The molecule has 0 saturated heterocycles. The Morgan fingerprint density at radius 3 is 1.56 bits per heavy atom. The van der Waals surface area contributed by atoms with Gasteiger partial charge in [-0.05, 0) is 0 Å². The number of carbonyl (C=O) groups excluding carboxylic acids is 1. The predicted molar refractivity (Wildman–Crippen MR) is 104 cm³/mol. The Morgan fingerprint density at radius 2 is 1.32 bits per heavy atom. The van der Waals surface area contributed by atoms with Gasteiger partial charge in [0, 0.05) is 0 Å². The molecule has 0 heterocycles. The molecule has 2 rings (SSSR count). The van der Waals surface area contributed by atoms with Gasteiger partial charge in [-0.3, -0.25) is 4.79 Å². The maximum absolute atomic E-state index is 10.5. The second kappa shape index (κ2) is 10.00. The van der Waals surface area contributed by atoms with E-state index in [0.29, 0.717) is 0 Å². The van der Waals surface area contributed by atoms with E-state index in [1.165, 1.54) is 17.0 Å². The second-order valence-electron chi connectivity index (χ2n) is 4.73. The van der Waals surface area contributed by atoms with Gasteiger partial charge >= 0.3 is 0 Å². The van der Waals surface area contributed by atoms with Crippen LogP contribution in [-0.4, -0.2) is 17.0 Å². The summed E-state index contributed by atoms with van der Waals surface area (Å²) in [6.07, 6.45) is 0. The molecule has 1 amide bonds. The summed E-state index contributed by atoms with van der Waals surface area (Å²) >= 11 is 15.9. The zero-order valence-electron chi connectivity index (χ0n) is 13.0. The lowest BCUT2D eigenvalue weighted by Gasteiger charge is -2.11. The lowest BCUT2D eigenvalue weighted by molar-refractivity contribution is -0.114. The third-order valence-corrected chi connectivity index (χ3v) is 3.48. The first-order valence-corrected chi connectivity index (χ1v) is 8.10. The van der Waals surface area contributed by atoms with Crippen molar-refractivity contribution in [2.75, 3.05) is 0 Å². The molecule has 0 aliphatic carbocycles. The van der Waals surface area contributed by atoms with Crippen molar-refractivity contribution < 1.29 is 4.79 Å². The second-order valence-corrected chi connectivity index (χ2v) is 7.01. The highest BCUT2D eigenvalue weighted by Crippen LogP contribution is 2.32. The van der Waals surface area contributed by atoms with Crippen molar-refractivity contribution in [1.82, 2.24) is 0 Å². The summed E-state index contributed by atoms with van der Waals surface area (Å²) in [5, 5.41) is 8.37. The van der Waals surface area contributed by atoms with Crippen molar-refractivity contribution >= 4 is 58.9 Å². The standard InChI is InChI=1S/C12H10B.C5H4Cl3N3O/c1-3-7-11(8-4-1)13-12-9-5-2-6-10-12;6-5(7,8)3(10)2(1-9)4(11)12/h1-10H;10H2,(H2,11,12). The average molecular weight is 393 g/mol. The fraction of sp³-hybridized carbons (Fsp3) is 0.0588. The fourth-order valence-electron chi connectivity index (χ4n) is 1.68. The van der Waals surface area contributed by atoms with E-state index in [1.54, 1.807) is 0 Å². The van der Waals surface area contributed by atoms with E-state index in [4.69, 9.17) is 51.5 Å². The Hall–Kier alpha value is -2.13. The van der Waals surface area contributed by atoms with Crippen molar-refractivity contribution in [3.63, 3.8) is 0 Å². The summed E-state index contributed by atoms with van der Waals surface area (Å²) in [4.78, 5) is 10.5. The molecule has 0 atom stereocenters. The van der Waals surface area contributed by atoms with Gasteiger partial charge in [0.2, 0.25) is 3.79 Å². The van der Waals surface area contributed by atoms with Gasteiger partial charge in [-0.25, -0.2) is 0 Å². The van der Waals surface area contributed by atoms with Crippen LogP contribution in [0, 0.1) is 11.3 Å². The number of halogens is 3. The highest BCUT2D eigenvalue weighted by atomic mass is 35.6. The molecule has 1 radical (unpaired) electrons. The minimum atomic E-state index is -1.99. The van der Waals surface area contributed by atoms with Crippen LogP contribution in [0.3, 0.4) is 0 Å². The van der Waals surface area contributed by atoms with E-state index in [2.05, 4.69) is 55.8 Å². The fourth-order valence-corrected chi connectivity index (χ4v) is 1.96. The Bertz CT molecular complexity index is 732. The first-order chi connectivity index (χ1) is 11.8.